The molecule has 0 fully saturated rings. The highest BCUT2D eigenvalue weighted by molar-refractivity contribution is 6.05. The first kappa shape index (κ1) is 11.0. The lowest BCUT2D eigenvalue weighted by Gasteiger charge is -2.15. The number of aliphatic hydroxyl groups is 1. The van der Waals surface area contributed by atoms with Crippen molar-refractivity contribution in [1.29, 1.82) is 0 Å². The standard InChI is InChI=1S/C15H14N2O/c18-15-13(11-7-3-1-4-8-11)16-17-14(15)12-9-5-2-6-10-12/h1-10,13,15-16,18H/t13-,15-/m0/s1. The van der Waals surface area contributed by atoms with Crippen molar-refractivity contribution in [2.45, 2.75) is 12.1 Å². The molecule has 0 aromatic heterocycles. The fourth-order valence-corrected chi connectivity index (χ4v) is 2.20. The highest BCUT2D eigenvalue weighted by Gasteiger charge is 2.31. The maximum atomic E-state index is 10.4. The Bertz CT molecular complexity index is 551. The molecular formula is C15H14N2O. The molecule has 1 heterocycles. The molecule has 2 N–H and O–H groups in total. The predicted octanol–water partition coefficient (Wildman–Crippen LogP) is 2.10. The quantitative estimate of drug-likeness (QED) is 0.841. The van der Waals surface area contributed by atoms with Gasteiger partial charge in [-0.05, 0) is 5.56 Å². The molecule has 3 heteroatoms. The van der Waals surface area contributed by atoms with E-state index in [1.54, 1.807) is 0 Å². The summed E-state index contributed by atoms with van der Waals surface area (Å²) >= 11 is 0. The van der Waals surface area contributed by atoms with Gasteiger partial charge >= 0.3 is 0 Å². The average molecular weight is 238 g/mol. The third-order valence-electron chi connectivity index (χ3n) is 3.15. The summed E-state index contributed by atoms with van der Waals surface area (Å²) < 4.78 is 0. The molecular weight excluding hydrogens is 224 g/mol. The molecule has 3 rings (SSSR count). The van der Waals surface area contributed by atoms with E-state index in [-0.39, 0.29) is 6.04 Å². The topological polar surface area (TPSA) is 44.6 Å². The summed E-state index contributed by atoms with van der Waals surface area (Å²) in [5.74, 6) is 0. The first-order valence-corrected chi connectivity index (χ1v) is 5.98. The molecule has 2 atom stereocenters. The first-order chi connectivity index (χ1) is 8.86. The summed E-state index contributed by atoms with van der Waals surface area (Å²) in [5.41, 5.74) is 5.70. The maximum absolute atomic E-state index is 10.4. The Hall–Kier alpha value is -2.13. The Morgan fingerprint density at radius 3 is 2.17 bits per heavy atom. The van der Waals surface area contributed by atoms with Gasteiger partial charge in [0.05, 0.1) is 5.71 Å². The lowest BCUT2D eigenvalue weighted by Crippen LogP contribution is -2.27. The Morgan fingerprint density at radius 1 is 0.889 bits per heavy atom. The number of aliphatic hydroxyl groups excluding tert-OH is 1. The van der Waals surface area contributed by atoms with Crippen LogP contribution in [0, 0.1) is 0 Å². The smallest absolute Gasteiger partial charge is 0.124 e. The summed E-state index contributed by atoms with van der Waals surface area (Å²) in [6, 6.07) is 19.5. The second-order valence-electron chi connectivity index (χ2n) is 4.33. The van der Waals surface area contributed by atoms with Gasteiger partial charge in [0.15, 0.2) is 0 Å². The van der Waals surface area contributed by atoms with E-state index in [0.717, 1.165) is 11.1 Å². The monoisotopic (exact) mass is 238 g/mol. The van der Waals surface area contributed by atoms with Gasteiger partial charge in [0, 0.05) is 5.56 Å². The minimum absolute atomic E-state index is 0.165. The summed E-state index contributed by atoms with van der Waals surface area (Å²) in [6.45, 7) is 0. The maximum Gasteiger partial charge on any atom is 0.124 e. The van der Waals surface area contributed by atoms with E-state index in [0.29, 0.717) is 5.71 Å². The van der Waals surface area contributed by atoms with E-state index in [1.165, 1.54) is 0 Å². The fraction of sp³-hybridized carbons (Fsp3) is 0.133. The summed E-state index contributed by atoms with van der Waals surface area (Å²) in [7, 11) is 0. The van der Waals surface area contributed by atoms with Crippen molar-refractivity contribution in [3.63, 3.8) is 0 Å². The summed E-state index contributed by atoms with van der Waals surface area (Å²) in [4.78, 5) is 0. The number of hydrogen-bond acceptors (Lipinski definition) is 3. The zero-order valence-electron chi connectivity index (χ0n) is 9.82. The van der Waals surface area contributed by atoms with Crippen LogP contribution in [0.25, 0.3) is 0 Å². The normalized spacial score (nSPS) is 22.4. The van der Waals surface area contributed by atoms with Gasteiger partial charge in [-0.25, -0.2) is 0 Å². The molecule has 1 aliphatic heterocycles. The van der Waals surface area contributed by atoms with Gasteiger partial charge in [-0.1, -0.05) is 60.7 Å². The van der Waals surface area contributed by atoms with Crippen molar-refractivity contribution in [1.82, 2.24) is 5.43 Å². The first-order valence-electron chi connectivity index (χ1n) is 5.98. The van der Waals surface area contributed by atoms with Crippen molar-refractivity contribution in [3.8, 4) is 0 Å². The van der Waals surface area contributed by atoms with Crippen molar-refractivity contribution < 1.29 is 5.11 Å². The molecule has 0 aliphatic carbocycles. The van der Waals surface area contributed by atoms with Crippen LogP contribution in [0.4, 0.5) is 0 Å². The third-order valence-corrected chi connectivity index (χ3v) is 3.15. The van der Waals surface area contributed by atoms with E-state index in [9.17, 15) is 5.11 Å². The molecule has 0 saturated heterocycles. The second-order valence-corrected chi connectivity index (χ2v) is 4.33. The van der Waals surface area contributed by atoms with Gasteiger partial charge in [-0.3, -0.25) is 5.43 Å². The molecule has 1 aliphatic rings. The van der Waals surface area contributed by atoms with Gasteiger partial charge < -0.3 is 5.11 Å². The Morgan fingerprint density at radius 2 is 1.50 bits per heavy atom. The van der Waals surface area contributed by atoms with E-state index in [2.05, 4.69) is 10.5 Å². The molecule has 18 heavy (non-hydrogen) atoms. The number of hydrogen-bond donors (Lipinski definition) is 2. The number of benzene rings is 2. The SMILES string of the molecule is O[C@@H]1C(c2ccccc2)=NN[C@H]1c1ccccc1. The highest BCUT2D eigenvalue weighted by atomic mass is 16.3. The van der Waals surface area contributed by atoms with Crippen LogP contribution in [0.3, 0.4) is 0 Å². The van der Waals surface area contributed by atoms with Crippen LogP contribution in [-0.2, 0) is 0 Å². The predicted molar refractivity (Wildman–Crippen MR) is 71.3 cm³/mol. The van der Waals surface area contributed by atoms with Crippen molar-refractivity contribution in [2.24, 2.45) is 5.10 Å². The average Bonchev–Trinajstić information content (AvgIpc) is 2.83. The lowest BCUT2D eigenvalue weighted by molar-refractivity contribution is 0.207. The molecule has 0 bridgehead atoms. The van der Waals surface area contributed by atoms with Gasteiger partial charge in [0.25, 0.3) is 0 Å². The zero-order valence-corrected chi connectivity index (χ0v) is 9.82. The number of rotatable bonds is 2. The van der Waals surface area contributed by atoms with Crippen molar-refractivity contribution >= 4 is 5.71 Å². The molecule has 0 spiro atoms. The lowest BCUT2D eigenvalue weighted by atomic mass is 9.96. The molecule has 0 amide bonds. The molecule has 0 saturated carbocycles. The van der Waals surface area contributed by atoms with Crippen molar-refractivity contribution in [3.05, 3.63) is 71.8 Å². The van der Waals surface area contributed by atoms with Crippen LogP contribution < -0.4 is 5.43 Å². The largest absolute Gasteiger partial charge is 0.384 e. The van der Waals surface area contributed by atoms with Crippen LogP contribution in [0.15, 0.2) is 65.8 Å². The summed E-state index contributed by atoms with van der Waals surface area (Å²) in [6.07, 6.45) is -0.616. The minimum atomic E-state index is -0.616. The van der Waals surface area contributed by atoms with E-state index in [4.69, 9.17) is 0 Å². The van der Waals surface area contributed by atoms with Crippen LogP contribution in [-0.4, -0.2) is 16.9 Å². The van der Waals surface area contributed by atoms with Crippen LogP contribution in [0.1, 0.15) is 17.2 Å². The summed E-state index contributed by atoms with van der Waals surface area (Å²) in [5, 5.41) is 14.6. The third kappa shape index (κ3) is 1.89. The Labute approximate surface area is 106 Å². The highest BCUT2D eigenvalue weighted by Crippen LogP contribution is 2.24. The minimum Gasteiger partial charge on any atom is -0.384 e. The van der Waals surface area contributed by atoms with Crippen LogP contribution in [0.5, 0.6) is 0 Å². The zero-order chi connectivity index (χ0) is 12.4. The fourth-order valence-electron chi connectivity index (χ4n) is 2.20. The molecule has 0 unspecified atom stereocenters. The van der Waals surface area contributed by atoms with Crippen LogP contribution in [0.2, 0.25) is 0 Å². The molecule has 3 nitrogen and oxygen atoms in total. The Kier molecular flexibility index (Phi) is 2.82. The number of hydrazone groups is 1. The molecule has 0 radical (unpaired) electrons. The van der Waals surface area contributed by atoms with E-state index >= 15 is 0 Å². The van der Waals surface area contributed by atoms with Gasteiger partial charge in [0.2, 0.25) is 0 Å². The second kappa shape index (κ2) is 4.63. The molecule has 2 aromatic rings. The van der Waals surface area contributed by atoms with E-state index in [1.807, 2.05) is 60.7 Å². The van der Waals surface area contributed by atoms with Crippen LogP contribution >= 0.6 is 0 Å². The molecule has 90 valence electrons. The number of nitrogens with one attached hydrogen (secondary N) is 1. The van der Waals surface area contributed by atoms with Gasteiger partial charge in [-0.15, -0.1) is 0 Å². The molecule has 2 aromatic carbocycles. The van der Waals surface area contributed by atoms with E-state index < -0.39 is 6.10 Å². The van der Waals surface area contributed by atoms with Crippen molar-refractivity contribution in [2.75, 3.05) is 0 Å². The Balaban J connectivity index is 1.87. The van der Waals surface area contributed by atoms with Gasteiger partial charge in [-0.2, -0.15) is 5.10 Å². The number of nitrogens with zero attached hydrogens (tertiary/aromatic N) is 1. The van der Waals surface area contributed by atoms with Gasteiger partial charge in [0.1, 0.15) is 12.1 Å².